The second-order valence-corrected chi connectivity index (χ2v) is 17.2. The van der Waals surface area contributed by atoms with Gasteiger partial charge >= 0.3 is 0 Å². The second-order valence-electron chi connectivity index (χ2n) is 17.2. The molecule has 0 saturated carbocycles. The summed E-state index contributed by atoms with van der Waals surface area (Å²) in [6.45, 7) is 0. The second kappa shape index (κ2) is 17.2. The molecule has 0 fully saturated rings. The van der Waals surface area contributed by atoms with Crippen LogP contribution in [0.2, 0.25) is 0 Å². The van der Waals surface area contributed by atoms with Crippen LogP contribution in [-0.4, -0.2) is 0 Å². The lowest BCUT2D eigenvalue weighted by molar-refractivity contribution is 0.628. The molecule has 0 aliphatic heterocycles. The largest absolute Gasteiger partial charge is 0.309 e. The third-order valence-corrected chi connectivity index (χ3v) is 13.1. The van der Waals surface area contributed by atoms with Crippen molar-refractivity contribution in [2.75, 3.05) is 9.80 Å². The van der Waals surface area contributed by atoms with Gasteiger partial charge in [-0.25, -0.2) is 8.78 Å². The molecule has 0 amide bonds. The van der Waals surface area contributed by atoms with Gasteiger partial charge in [0, 0.05) is 33.3 Å². The molecule has 68 heavy (non-hydrogen) atoms. The van der Waals surface area contributed by atoms with Gasteiger partial charge in [-0.2, -0.15) is 0 Å². The smallest absolute Gasteiger partial charge is 0.125 e. The summed E-state index contributed by atoms with van der Waals surface area (Å²) in [7, 11) is 0. The van der Waals surface area contributed by atoms with E-state index in [0.29, 0.717) is 11.4 Å². The third-order valence-electron chi connectivity index (χ3n) is 13.1. The van der Waals surface area contributed by atoms with Crippen LogP contribution in [0.15, 0.2) is 255 Å². The average molecular weight is 877 g/mol. The van der Waals surface area contributed by atoms with E-state index < -0.39 is 0 Å². The topological polar surface area (TPSA) is 6.48 Å². The molecule has 4 heteroatoms. The van der Waals surface area contributed by atoms with Crippen LogP contribution in [0.5, 0.6) is 0 Å². The summed E-state index contributed by atoms with van der Waals surface area (Å²) < 4.78 is 32.4. The normalized spacial score (nSPS) is 11.4. The summed E-state index contributed by atoms with van der Waals surface area (Å²) in [5.41, 5.74) is 12.6. The van der Waals surface area contributed by atoms with Crippen molar-refractivity contribution < 1.29 is 8.78 Å². The third kappa shape index (κ3) is 7.29. The summed E-state index contributed by atoms with van der Waals surface area (Å²) >= 11 is 0. The van der Waals surface area contributed by atoms with Crippen LogP contribution in [-0.2, 0) is 0 Å². The number of benzene rings is 12. The lowest BCUT2D eigenvalue weighted by Crippen LogP contribution is -2.13. The highest BCUT2D eigenvalue weighted by Crippen LogP contribution is 2.50. The van der Waals surface area contributed by atoms with E-state index in [2.05, 4.69) is 131 Å². The minimum Gasteiger partial charge on any atom is -0.309 e. The first kappa shape index (κ1) is 40.6. The zero-order chi connectivity index (χ0) is 45.6. The average Bonchev–Trinajstić information content (AvgIpc) is 3.40. The lowest BCUT2D eigenvalue weighted by atomic mass is 9.91. The van der Waals surface area contributed by atoms with E-state index in [1.807, 2.05) is 109 Å². The molecule has 12 rings (SSSR count). The van der Waals surface area contributed by atoms with Gasteiger partial charge in [0.05, 0.1) is 22.7 Å². The Bertz CT molecular complexity index is 3510. The first-order valence-corrected chi connectivity index (χ1v) is 22.9. The molecule has 0 saturated heterocycles. The fourth-order valence-corrected chi connectivity index (χ4v) is 10.0. The maximum atomic E-state index is 16.2. The minimum atomic E-state index is -0.324. The Kier molecular flexibility index (Phi) is 10.3. The Hall–Kier alpha value is -8.86. The number of nitrogens with zero attached hydrogens (tertiary/aromatic N) is 2. The predicted octanol–water partition coefficient (Wildman–Crippen LogP) is 18.5. The monoisotopic (exact) mass is 876 g/mol. The fourth-order valence-electron chi connectivity index (χ4n) is 10.0. The summed E-state index contributed by atoms with van der Waals surface area (Å²) in [5.74, 6) is -0.649. The van der Waals surface area contributed by atoms with Gasteiger partial charge in [0.1, 0.15) is 11.6 Å². The standard InChI is InChI=1S/C64H42F2N2/c65-51-37-49(43-17-5-1-6-18-43)39-53(41-51)67(59-27-15-13-25-55(59)45-21-9-3-10-22-45)61-35-31-47-30-34-58-62(36-32-48-29-33-57(61)63(47)64(48)58)68(60-28-16-14-26-56(60)46-23-11-4-12-24-46)54-40-50(38-52(66)42-54)44-19-7-2-8-20-44/h1-42H. The van der Waals surface area contributed by atoms with Crippen LogP contribution in [0.3, 0.4) is 0 Å². The SMILES string of the molecule is Fc1cc(-c2ccccc2)cc(N(c2ccccc2-c2ccccc2)c2ccc3ccc4c(N(c5cc(F)cc(-c6ccccc6)c5)c5ccccc5-c5ccccc5)ccc5ccc2c3c54)c1. The molecule has 0 aliphatic rings. The molecule has 0 aromatic heterocycles. The van der Waals surface area contributed by atoms with Crippen molar-refractivity contribution in [2.24, 2.45) is 0 Å². The molecular formula is C64H42F2N2. The predicted molar refractivity (Wildman–Crippen MR) is 281 cm³/mol. The van der Waals surface area contributed by atoms with Gasteiger partial charge < -0.3 is 9.80 Å². The van der Waals surface area contributed by atoms with E-state index >= 15 is 8.78 Å². The molecule has 0 heterocycles. The van der Waals surface area contributed by atoms with Crippen LogP contribution in [0.1, 0.15) is 0 Å². The van der Waals surface area contributed by atoms with Crippen LogP contribution >= 0.6 is 0 Å². The summed E-state index contributed by atoms with van der Waals surface area (Å²) in [6.07, 6.45) is 0. The van der Waals surface area contributed by atoms with Gasteiger partial charge in [0.15, 0.2) is 0 Å². The van der Waals surface area contributed by atoms with E-state index in [1.165, 1.54) is 0 Å². The van der Waals surface area contributed by atoms with Gasteiger partial charge in [-0.15, -0.1) is 0 Å². The Morgan fingerprint density at radius 1 is 0.250 bits per heavy atom. The van der Waals surface area contributed by atoms with Gasteiger partial charge in [-0.3, -0.25) is 0 Å². The lowest BCUT2D eigenvalue weighted by Gasteiger charge is -2.31. The van der Waals surface area contributed by atoms with Crippen LogP contribution < -0.4 is 9.80 Å². The fraction of sp³-hybridized carbons (Fsp3) is 0. The van der Waals surface area contributed by atoms with Crippen molar-refractivity contribution in [1.82, 2.24) is 0 Å². The number of para-hydroxylation sites is 2. The Balaban J connectivity index is 1.13. The molecule has 0 aliphatic carbocycles. The highest BCUT2D eigenvalue weighted by atomic mass is 19.1. The number of anilines is 6. The summed E-state index contributed by atoms with van der Waals surface area (Å²) in [6, 6.07) is 85.5. The van der Waals surface area contributed by atoms with Crippen LogP contribution in [0.25, 0.3) is 76.8 Å². The molecule has 322 valence electrons. The zero-order valence-electron chi connectivity index (χ0n) is 36.9. The minimum absolute atomic E-state index is 0.324. The first-order valence-electron chi connectivity index (χ1n) is 22.9. The number of halogens is 2. The molecule has 0 atom stereocenters. The van der Waals surface area contributed by atoms with Gasteiger partial charge in [-0.05, 0) is 116 Å². The number of hydrogen-bond acceptors (Lipinski definition) is 2. The van der Waals surface area contributed by atoms with Crippen molar-refractivity contribution >= 4 is 66.4 Å². The summed E-state index contributed by atoms with van der Waals surface area (Å²) in [5, 5.41) is 6.35. The van der Waals surface area contributed by atoms with Crippen molar-refractivity contribution in [3.05, 3.63) is 266 Å². The highest BCUT2D eigenvalue weighted by Gasteiger charge is 2.25. The first-order chi connectivity index (χ1) is 33.6. The molecule has 0 unspecified atom stereocenters. The van der Waals surface area contributed by atoms with Gasteiger partial charge in [-0.1, -0.05) is 194 Å². The van der Waals surface area contributed by atoms with Crippen molar-refractivity contribution in [3.8, 4) is 44.5 Å². The molecule has 0 spiro atoms. The maximum absolute atomic E-state index is 16.2. The van der Waals surface area contributed by atoms with Gasteiger partial charge in [0.2, 0.25) is 0 Å². The van der Waals surface area contributed by atoms with E-state index in [0.717, 1.165) is 99.6 Å². The Morgan fingerprint density at radius 2 is 0.588 bits per heavy atom. The van der Waals surface area contributed by atoms with Crippen LogP contribution in [0.4, 0.5) is 42.9 Å². The van der Waals surface area contributed by atoms with E-state index in [4.69, 9.17) is 0 Å². The van der Waals surface area contributed by atoms with E-state index in [-0.39, 0.29) is 11.6 Å². The number of rotatable bonds is 10. The molecule has 12 aromatic rings. The molecule has 2 nitrogen and oxygen atoms in total. The molecule has 12 aromatic carbocycles. The van der Waals surface area contributed by atoms with Crippen LogP contribution in [0, 0.1) is 11.6 Å². The van der Waals surface area contributed by atoms with E-state index in [1.54, 1.807) is 24.3 Å². The Morgan fingerprint density at radius 3 is 0.985 bits per heavy atom. The maximum Gasteiger partial charge on any atom is 0.125 e. The van der Waals surface area contributed by atoms with Crippen molar-refractivity contribution in [3.63, 3.8) is 0 Å². The quantitative estimate of drug-likeness (QED) is 0.126. The van der Waals surface area contributed by atoms with Gasteiger partial charge in [0.25, 0.3) is 0 Å². The zero-order valence-corrected chi connectivity index (χ0v) is 36.9. The van der Waals surface area contributed by atoms with E-state index in [9.17, 15) is 0 Å². The summed E-state index contributed by atoms with van der Waals surface area (Å²) in [4.78, 5) is 4.43. The Labute approximate surface area is 394 Å². The van der Waals surface area contributed by atoms with Crippen molar-refractivity contribution in [1.29, 1.82) is 0 Å². The number of hydrogen-bond donors (Lipinski definition) is 0. The molecule has 0 N–H and O–H groups in total. The van der Waals surface area contributed by atoms with Crippen molar-refractivity contribution in [2.45, 2.75) is 0 Å². The molecular weight excluding hydrogens is 835 g/mol. The molecule has 0 radical (unpaired) electrons. The molecule has 0 bridgehead atoms. The highest BCUT2D eigenvalue weighted by molar-refractivity contribution is 6.28.